The Morgan fingerprint density at radius 2 is 2.05 bits per heavy atom. The fraction of sp³-hybridized carbons (Fsp3) is 0.733. The standard InChI is InChI=1S/C15H24N2O2S/c1-2-3-7-12-14(15(18)19)20-13(16-12)8-11-17-9-5-4-6-10-17/h2-11H2,1H3,(H,18,19). The Morgan fingerprint density at radius 3 is 2.70 bits per heavy atom. The molecule has 1 saturated heterocycles. The number of aryl methyl sites for hydroxylation is 1. The van der Waals surface area contributed by atoms with Gasteiger partial charge in [-0.15, -0.1) is 11.3 Å². The normalized spacial score (nSPS) is 16.4. The molecule has 0 aromatic carbocycles. The molecule has 0 aliphatic carbocycles. The second-order valence-corrected chi connectivity index (χ2v) is 6.53. The summed E-state index contributed by atoms with van der Waals surface area (Å²) < 4.78 is 0. The summed E-state index contributed by atoms with van der Waals surface area (Å²) in [5.41, 5.74) is 0.790. The van der Waals surface area contributed by atoms with E-state index in [-0.39, 0.29) is 0 Å². The molecule has 1 aromatic heterocycles. The van der Waals surface area contributed by atoms with Crippen LogP contribution in [0.5, 0.6) is 0 Å². The van der Waals surface area contributed by atoms with Crippen molar-refractivity contribution in [1.82, 2.24) is 9.88 Å². The van der Waals surface area contributed by atoms with Gasteiger partial charge in [0.2, 0.25) is 0 Å². The maximum absolute atomic E-state index is 11.3. The zero-order valence-electron chi connectivity index (χ0n) is 12.2. The maximum atomic E-state index is 11.3. The van der Waals surface area contributed by atoms with E-state index in [1.165, 1.54) is 43.7 Å². The topological polar surface area (TPSA) is 53.4 Å². The van der Waals surface area contributed by atoms with E-state index >= 15 is 0 Å². The van der Waals surface area contributed by atoms with Gasteiger partial charge in [0, 0.05) is 13.0 Å². The van der Waals surface area contributed by atoms with Crippen molar-refractivity contribution < 1.29 is 9.90 Å². The van der Waals surface area contributed by atoms with E-state index in [0.29, 0.717) is 4.88 Å². The van der Waals surface area contributed by atoms with Crippen molar-refractivity contribution in [3.63, 3.8) is 0 Å². The molecule has 0 radical (unpaired) electrons. The molecule has 0 spiro atoms. The second-order valence-electron chi connectivity index (χ2n) is 5.44. The number of nitrogens with zero attached hydrogens (tertiary/aromatic N) is 2. The molecule has 5 heteroatoms. The van der Waals surface area contributed by atoms with Gasteiger partial charge in [-0.1, -0.05) is 19.8 Å². The van der Waals surface area contributed by atoms with E-state index in [1.54, 1.807) is 0 Å². The van der Waals surface area contributed by atoms with Gasteiger partial charge in [0.25, 0.3) is 0 Å². The highest BCUT2D eigenvalue weighted by Gasteiger charge is 2.17. The summed E-state index contributed by atoms with van der Waals surface area (Å²) in [6.07, 6.45) is 7.68. The van der Waals surface area contributed by atoms with Gasteiger partial charge in [0.15, 0.2) is 0 Å². The number of aromatic nitrogens is 1. The molecule has 0 atom stereocenters. The number of likely N-dealkylation sites (tertiary alicyclic amines) is 1. The van der Waals surface area contributed by atoms with Crippen molar-refractivity contribution in [3.8, 4) is 0 Å². The fourth-order valence-electron chi connectivity index (χ4n) is 2.63. The number of hydrogen-bond acceptors (Lipinski definition) is 4. The average Bonchev–Trinajstić information content (AvgIpc) is 2.87. The zero-order chi connectivity index (χ0) is 14.4. The van der Waals surface area contributed by atoms with Crippen LogP contribution in [0, 0.1) is 0 Å². The van der Waals surface area contributed by atoms with Gasteiger partial charge in [-0.05, 0) is 38.8 Å². The minimum Gasteiger partial charge on any atom is -0.477 e. The van der Waals surface area contributed by atoms with Crippen LogP contribution < -0.4 is 0 Å². The van der Waals surface area contributed by atoms with Crippen molar-refractivity contribution in [2.24, 2.45) is 0 Å². The Morgan fingerprint density at radius 1 is 1.30 bits per heavy atom. The van der Waals surface area contributed by atoms with Gasteiger partial charge in [0.05, 0.1) is 10.7 Å². The summed E-state index contributed by atoms with van der Waals surface area (Å²) in [5, 5.41) is 10.2. The van der Waals surface area contributed by atoms with Crippen molar-refractivity contribution in [2.45, 2.75) is 51.9 Å². The monoisotopic (exact) mass is 296 g/mol. The third kappa shape index (κ3) is 4.28. The molecule has 0 bridgehead atoms. The molecule has 0 saturated carbocycles. The van der Waals surface area contributed by atoms with Gasteiger partial charge >= 0.3 is 5.97 Å². The van der Waals surface area contributed by atoms with E-state index in [0.717, 1.165) is 42.9 Å². The molecule has 1 aliphatic rings. The van der Waals surface area contributed by atoms with Gasteiger partial charge in [0.1, 0.15) is 4.88 Å². The number of hydrogen-bond donors (Lipinski definition) is 1. The number of rotatable bonds is 7. The molecule has 1 aliphatic heterocycles. The lowest BCUT2D eigenvalue weighted by Gasteiger charge is -2.25. The summed E-state index contributed by atoms with van der Waals surface area (Å²) >= 11 is 1.37. The highest BCUT2D eigenvalue weighted by atomic mass is 32.1. The highest BCUT2D eigenvalue weighted by molar-refractivity contribution is 7.13. The van der Waals surface area contributed by atoms with Gasteiger partial charge < -0.3 is 10.0 Å². The summed E-state index contributed by atoms with van der Waals surface area (Å²) in [6.45, 7) is 5.49. The Labute approximate surface area is 124 Å². The Kier molecular flexibility index (Phi) is 5.98. The first-order valence-electron chi connectivity index (χ1n) is 7.65. The lowest BCUT2D eigenvalue weighted by molar-refractivity contribution is 0.0700. The molecule has 1 fully saturated rings. The van der Waals surface area contributed by atoms with E-state index in [9.17, 15) is 9.90 Å². The average molecular weight is 296 g/mol. The summed E-state index contributed by atoms with van der Waals surface area (Å²) in [5.74, 6) is -0.821. The molecule has 2 rings (SSSR count). The van der Waals surface area contributed by atoms with E-state index in [2.05, 4.69) is 16.8 Å². The van der Waals surface area contributed by atoms with Crippen molar-refractivity contribution in [2.75, 3.05) is 19.6 Å². The molecule has 112 valence electrons. The lowest BCUT2D eigenvalue weighted by Crippen LogP contribution is -2.31. The first kappa shape index (κ1) is 15.4. The van der Waals surface area contributed by atoms with Crippen LogP contribution in [0.1, 0.15) is 59.4 Å². The quantitative estimate of drug-likeness (QED) is 0.839. The van der Waals surface area contributed by atoms with E-state index in [1.807, 2.05) is 0 Å². The lowest BCUT2D eigenvalue weighted by atomic mass is 10.1. The van der Waals surface area contributed by atoms with Crippen molar-refractivity contribution in [1.29, 1.82) is 0 Å². The predicted octanol–water partition coefficient (Wildman–Crippen LogP) is 3.21. The second kappa shape index (κ2) is 7.74. The summed E-state index contributed by atoms with van der Waals surface area (Å²) in [7, 11) is 0. The zero-order valence-corrected chi connectivity index (χ0v) is 13.0. The Bertz CT molecular complexity index is 439. The first-order valence-corrected chi connectivity index (χ1v) is 8.46. The number of carboxylic acids is 1. The third-order valence-electron chi connectivity index (χ3n) is 3.79. The highest BCUT2D eigenvalue weighted by Crippen LogP contribution is 2.21. The Balaban J connectivity index is 1.94. The van der Waals surface area contributed by atoms with E-state index in [4.69, 9.17) is 0 Å². The maximum Gasteiger partial charge on any atom is 0.347 e. The van der Waals surface area contributed by atoms with Gasteiger partial charge in [-0.2, -0.15) is 0 Å². The molecular formula is C15H24N2O2S. The van der Waals surface area contributed by atoms with Gasteiger partial charge in [-0.3, -0.25) is 0 Å². The van der Waals surface area contributed by atoms with Crippen LogP contribution >= 0.6 is 11.3 Å². The SMILES string of the molecule is CCCCc1nc(CCN2CCCCC2)sc1C(=O)O. The summed E-state index contributed by atoms with van der Waals surface area (Å²) in [4.78, 5) is 18.7. The number of thiazole rings is 1. The molecular weight excluding hydrogens is 272 g/mol. The van der Waals surface area contributed by atoms with Crippen LogP contribution in [0.25, 0.3) is 0 Å². The van der Waals surface area contributed by atoms with Gasteiger partial charge in [-0.25, -0.2) is 9.78 Å². The Hall–Kier alpha value is -0.940. The number of piperidine rings is 1. The molecule has 1 aromatic rings. The van der Waals surface area contributed by atoms with Crippen LogP contribution in [0.3, 0.4) is 0 Å². The summed E-state index contributed by atoms with van der Waals surface area (Å²) in [6, 6.07) is 0. The third-order valence-corrected chi connectivity index (χ3v) is 4.94. The van der Waals surface area contributed by atoms with Crippen LogP contribution in [-0.4, -0.2) is 40.6 Å². The molecule has 2 heterocycles. The van der Waals surface area contributed by atoms with Crippen LogP contribution in [0.15, 0.2) is 0 Å². The number of aromatic carboxylic acids is 1. The molecule has 20 heavy (non-hydrogen) atoms. The van der Waals surface area contributed by atoms with Crippen LogP contribution in [0.2, 0.25) is 0 Å². The number of carboxylic acid groups (broad SMARTS) is 1. The molecule has 4 nitrogen and oxygen atoms in total. The molecule has 0 unspecified atom stereocenters. The molecule has 0 amide bonds. The minimum atomic E-state index is -0.821. The number of carbonyl (C=O) groups is 1. The largest absolute Gasteiger partial charge is 0.477 e. The molecule has 1 N–H and O–H groups in total. The van der Waals surface area contributed by atoms with Crippen molar-refractivity contribution >= 4 is 17.3 Å². The fourth-order valence-corrected chi connectivity index (χ4v) is 3.56. The van der Waals surface area contributed by atoms with E-state index < -0.39 is 5.97 Å². The minimum absolute atomic E-state index is 0.451. The predicted molar refractivity (Wildman–Crippen MR) is 81.7 cm³/mol. The van der Waals surface area contributed by atoms with Crippen LogP contribution in [0.4, 0.5) is 0 Å². The van der Waals surface area contributed by atoms with Crippen molar-refractivity contribution in [3.05, 3.63) is 15.6 Å². The first-order chi connectivity index (χ1) is 9.70. The number of unbranched alkanes of at least 4 members (excludes halogenated alkanes) is 1. The van der Waals surface area contributed by atoms with Crippen LogP contribution in [-0.2, 0) is 12.8 Å². The smallest absolute Gasteiger partial charge is 0.347 e.